The maximum atomic E-state index is 13.1. The average molecular weight is 549 g/mol. The molecular formula is C23H25BrN4O5S. The number of pyridine rings is 1. The molecule has 1 unspecified atom stereocenters. The summed E-state index contributed by atoms with van der Waals surface area (Å²) in [4.78, 5) is 16.1. The summed E-state index contributed by atoms with van der Waals surface area (Å²) in [5.74, 6) is 0.491. The van der Waals surface area contributed by atoms with Gasteiger partial charge in [-0.05, 0) is 67.2 Å². The number of rotatable bonds is 8. The van der Waals surface area contributed by atoms with Crippen LogP contribution in [0.4, 0.5) is 0 Å². The number of hydrogen-bond donors (Lipinski definition) is 1. The minimum Gasteiger partial charge on any atom is -0.465 e. The number of sulfonamides is 1. The second-order valence-electron chi connectivity index (χ2n) is 7.95. The van der Waals surface area contributed by atoms with Gasteiger partial charge in [0.15, 0.2) is 0 Å². The third-order valence-corrected chi connectivity index (χ3v) is 7.48. The van der Waals surface area contributed by atoms with Gasteiger partial charge in [0.2, 0.25) is 15.9 Å². The van der Waals surface area contributed by atoms with Crippen LogP contribution in [0.1, 0.15) is 42.6 Å². The molecule has 0 saturated heterocycles. The zero-order chi connectivity index (χ0) is 24.3. The average Bonchev–Trinajstić information content (AvgIpc) is 3.20. The summed E-state index contributed by atoms with van der Waals surface area (Å²) >= 11 is 3.36. The third-order valence-electron chi connectivity index (χ3n) is 5.47. The predicted octanol–water partition coefficient (Wildman–Crippen LogP) is 4.06. The third kappa shape index (κ3) is 5.48. The van der Waals surface area contributed by atoms with E-state index in [2.05, 4.69) is 30.7 Å². The smallest absolute Gasteiger partial charge is 0.327 e. The molecule has 0 spiro atoms. The number of halogens is 1. The highest BCUT2D eigenvalue weighted by molar-refractivity contribution is 9.10. The first kappa shape index (κ1) is 24.4. The number of carbonyl (C=O) groups is 1. The van der Waals surface area contributed by atoms with E-state index >= 15 is 0 Å². The van der Waals surface area contributed by atoms with E-state index in [0.717, 1.165) is 23.2 Å². The molecule has 180 valence electrons. The Morgan fingerprint density at radius 1 is 1.26 bits per heavy atom. The second kappa shape index (κ2) is 10.2. The van der Waals surface area contributed by atoms with Crippen LogP contribution in [0.15, 0.2) is 52.1 Å². The summed E-state index contributed by atoms with van der Waals surface area (Å²) in [6.45, 7) is 4.02. The van der Waals surface area contributed by atoms with Crippen molar-refractivity contribution in [3.05, 3.63) is 64.0 Å². The quantitative estimate of drug-likeness (QED) is 0.422. The van der Waals surface area contributed by atoms with Crippen molar-refractivity contribution in [1.82, 2.24) is 19.5 Å². The molecule has 11 heteroatoms. The van der Waals surface area contributed by atoms with Gasteiger partial charge in [0, 0.05) is 11.3 Å². The highest BCUT2D eigenvalue weighted by atomic mass is 79.9. The van der Waals surface area contributed by atoms with E-state index in [0.29, 0.717) is 29.7 Å². The fourth-order valence-corrected chi connectivity index (χ4v) is 5.61. The van der Waals surface area contributed by atoms with E-state index in [1.807, 2.05) is 31.2 Å². The Balaban J connectivity index is 1.50. The van der Waals surface area contributed by atoms with Gasteiger partial charge in [0.05, 0.1) is 29.5 Å². The van der Waals surface area contributed by atoms with Crippen molar-refractivity contribution in [3.63, 3.8) is 0 Å². The van der Waals surface area contributed by atoms with Crippen LogP contribution < -0.4 is 9.46 Å². The largest absolute Gasteiger partial charge is 0.465 e. The van der Waals surface area contributed by atoms with E-state index in [1.165, 1.54) is 12.3 Å². The first-order valence-electron chi connectivity index (χ1n) is 10.9. The Kier molecular flexibility index (Phi) is 7.34. The zero-order valence-corrected chi connectivity index (χ0v) is 21.2. The van der Waals surface area contributed by atoms with Gasteiger partial charge >= 0.3 is 5.97 Å². The van der Waals surface area contributed by atoms with E-state index in [-0.39, 0.29) is 23.3 Å². The molecule has 3 aromatic rings. The Morgan fingerprint density at radius 2 is 2.03 bits per heavy atom. The minimum absolute atomic E-state index is 0.00194. The highest BCUT2D eigenvalue weighted by Crippen LogP contribution is 2.33. The SMILES string of the molecule is CCOC(=O)Cn1ncc2c1CCCC2NS(=O)(=O)c1cnc(Oc2ccc(C)cc2)c(Br)c1. The molecule has 0 bridgehead atoms. The second-order valence-corrected chi connectivity index (χ2v) is 10.5. The van der Waals surface area contributed by atoms with Crippen molar-refractivity contribution in [2.45, 2.75) is 50.6 Å². The van der Waals surface area contributed by atoms with Crippen LogP contribution in [0.3, 0.4) is 0 Å². The van der Waals surface area contributed by atoms with Crippen LogP contribution in [-0.2, 0) is 32.5 Å². The number of carbonyl (C=O) groups excluding carboxylic acids is 1. The summed E-state index contributed by atoms with van der Waals surface area (Å²) < 4.78 is 41.8. The molecule has 0 saturated carbocycles. The number of esters is 1. The van der Waals surface area contributed by atoms with Crippen LogP contribution in [-0.4, -0.2) is 35.8 Å². The van der Waals surface area contributed by atoms with Crippen LogP contribution in [0.5, 0.6) is 11.6 Å². The molecule has 1 aromatic carbocycles. The van der Waals surface area contributed by atoms with Gasteiger partial charge in [-0.1, -0.05) is 17.7 Å². The molecule has 0 fully saturated rings. The molecular weight excluding hydrogens is 524 g/mol. The highest BCUT2D eigenvalue weighted by Gasteiger charge is 2.29. The van der Waals surface area contributed by atoms with Crippen molar-refractivity contribution in [2.24, 2.45) is 0 Å². The lowest BCUT2D eigenvalue weighted by molar-refractivity contribution is -0.144. The molecule has 1 N–H and O–H groups in total. The maximum Gasteiger partial charge on any atom is 0.327 e. The normalized spacial score (nSPS) is 15.6. The molecule has 9 nitrogen and oxygen atoms in total. The molecule has 34 heavy (non-hydrogen) atoms. The summed E-state index contributed by atoms with van der Waals surface area (Å²) in [6.07, 6.45) is 4.99. The molecule has 1 aliphatic carbocycles. The Labute approximate surface area is 206 Å². The van der Waals surface area contributed by atoms with Gasteiger partial charge in [-0.15, -0.1) is 0 Å². The molecule has 1 aliphatic rings. The molecule has 1 atom stereocenters. The summed E-state index contributed by atoms with van der Waals surface area (Å²) in [6, 6.07) is 8.48. The molecule has 2 aromatic heterocycles. The molecule has 4 rings (SSSR count). The van der Waals surface area contributed by atoms with Gasteiger partial charge in [0.25, 0.3) is 0 Å². The summed E-state index contributed by atoms with van der Waals surface area (Å²) in [5, 5.41) is 4.29. The Bertz CT molecular complexity index is 1290. The zero-order valence-electron chi connectivity index (χ0n) is 18.8. The first-order valence-corrected chi connectivity index (χ1v) is 13.2. The van der Waals surface area contributed by atoms with E-state index in [1.54, 1.807) is 17.8 Å². The van der Waals surface area contributed by atoms with E-state index < -0.39 is 16.1 Å². The number of fused-ring (bicyclic) bond motifs is 1. The first-order chi connectivity index (χ1) is 16.3. The lowest BCUT2D eigenvalue weighted by Gasteiger charge is -2.24. The van der Waals surface area contributed by atoms with Gasteiger partial charge in [-0.25, -0.2) is 18.1 Å². The van der Waals surface area contributed by atoms with Crippen molar-refractivity contribution in [3.8, 4) is 11.6 Å². The molecule has 0 aliphatic heterocycles. The van der Waals surface area contributed by atoms with Gasteiger partial charge in [0.1, 0.15) is 17.2 Å². The van der Waals surface area contributed by atoms with Gasteiger partial charge < -0.3 is 9.47 Å². The van der Waals surface area contributed by atoms with Crippen molar-refractivity contribution in [1.29, 1.82) is 0 Å². The Morgan fingerprint density at radius 3 is 2.74 bits per heavy atom. The number of ether oxygens (including phenoxy) is 2. The maximum absolute atomic E-state index is 13.1. The number of aromatic nitrogens is 3. The number of aryl methyl sites for hydroxylation is 1. The van der Waals surface area contributed by atoms with Crippen molar-refractivity contribution in [2.75, 3.05) is 6.61 Å². The van der Waals surface area contributed by atoms with Crippen LogP contribution in [0.2, 0.25) is 0 Å². The standard InChI is InChI=1S/C23H25BrN4O5S/c1-3-32-22(29)14-28-21-6-4-5-20(18(21)13-26-28)27-34(30,31)17-11-19(24)23(25-12-17)33-16-9-7-15(2)8-10-16/h7-13,20,27H,3-6,14H2,1-2H3. The Hall–Kier alpha value is -2.76. The van der Waals surface area contributed by atoms with Gasteiger partial charge in [-0.3, -0.25) is 9.48 Å². The van der Waals surface area contributed by atoms with Crippen LogP contribution >= 0.6 is 15.9 Å². The summed E-state index contributed by atoms with van der Waals surface area (Å²) in [7, 11) is -3.87. The minimum atomic E-state index is -3.87. The van der Waals surface area contributed by atoms with Crippen molar-refractivity contribution >= 4 is 31.9 Å². The van der Waals surface area contributed by atoms with Crippen LogP contribution in [0, 0.1) is 6.92 Å². The number of benzene rings is 1. The summed E-state index contributed by atoms with van der Waals surface area (Å²) in [5.41, 5.74) is 2.71. The fraction of sp³-hybridized carbons (Fsp3) is 0.348. The number of hydrogen-bond acceptors (Lipinski definition) is 7. The number of nitrogens with one attached hydrogen (secondary N) is 1. The molecule has 2 heterocycles. The lowest BCUT2D eigenvalue weighted by Crippen LogP contribution is -2.31. The van der Waals surface area contributed by atoms with E-state index in [4.69, 9.17) is 9.47 Å². The molecule has 0 amide bonds. The predicted molar refractivity (Wildman–Crippen MR) is 128 cm³/mol. The monoisotopic (exact) mass is 548 g/mol. The number of nitrogens with zero attached hydrogens (tertiary/aromatic N) is 3. The topological polar surface area (TPSA) is 112 Å². The van der Waals surface area contributed by atoms with Crippen LogP contribution in [0.25, 0.3) is 0 Å². The lowest BCUT2D eigenvalue weighted by atomic mass is 9.94. The van der Waals surface area contributed by atoms with Crippen molar-refractivity contribution < 1.29 is 22.7 Å². The molecule has 0 radical (unpaired) electrons. The fourth-order valence-electron chi connectivity index (χ4n) is 3.81. The van der Waals surface area contributed by atoms with Gasteiger partial charge in [-0.2, -0.15) is 5.10 Å². The van der Waals surface area contributed by atoms with E-state index in [9.17, 15) is 13.2 Å².